The minimum absolute atomic E-state index is 0.460. The van der Waals surface area contributed by atoms with Crippen LogP contribution in [0.3, 0.4) is 0 Å². The molecule has 0 heterocycles. The van der Waals surface area contributed by atoms with E-state index in [-0.39, 0.29) is 0 Å². The molecular weight excluding hydrogens is 258 g/mol. The maximum Gasteiger partial charge on any atom is 0.154 e. The van der Waals surface area contributed by atoms with Crippen LogP contribution in [0.5, 0.6) is 0 Å². The molecule has 0 aromatic rings. The normalized spacial score (nSPS) is 32.5. The monoisotopic (exact) mass is 291 g/mol. The van der Waals surface area contributed by atoms with E-state index in [1.54, 1.807) is 0 Å². The zero-order chi connectivity index (χ0) is 15.1. The zero-order valence-corrected chi connectivity index (χ0v) is 14.1. The third kappa shape index (κ3) is 4.71. The van der Waals surface area contributed by atoms with Gasteiger partial charge < -0.3 is 4.74 Å². The molecule has 120 valence electrons. The van der Waals surface area contributed by atoms with Crippen molar-refractivity contribution in [2.45, 2.75) is 90.1 Å². The Morgan fingerprint density at radius 3 is 2.29 bits per heavy atom. The molecule has 2 fully saturated rings. The van der Waals surface area contributed by atoms with Gasteiger partial charge in [-0.15, -0.1) is 0 Å². The molecule has 0 bridgehead atoms. The average Bonchev–Trinajstić information content (AvgIpc) is 2.56. The van der Waals surface area contributed by atoms with Gasteiger partial charge in [0.25, 0.3) is 0 Å². The maximum atomic E-state index is 9.59. The summed E-state index contributed by atoms with van der Waals surface area (Å²) in [4.78, 5) is 0. The average molecular weight is 291 g/mol. The quantitative estimate of drug-likeness (QED) is 0.650. The third-order valence-electron chi connectivity index (χ3n) is 6.04. The van der Waals surface area contributed by atoms with Crippen LogP contribution < -0.4 is 0 Å². The highest BCUT2D eigenvalue weighted by Crippen LogP contribution is 2.42. The predicted octanol–water partition coefficient (Wildman–Crippen LogP) is 5.47. The van der Waals surface area contributed by atoms with Crippen molar-refractivity contribution in [2.24, 2.45) is 17.8 Å². The summed E-state index contributed by atoms with van der Waals surface area (Å²) < 4.78 is 6.07. The van der Waals surface area contributed by atoms with Gasteiger partial charge in [-0.3, -0.25) is 0 Å². The van der Waals surface area contributed by atoms with Gasteiger partial charge in [-0.05, 0) is 49.9 Å². The fourth-order valence-corrected chi connectivity index (χ4v) is 4.13. The lowest BCUT2D eigenvalue weighted by molar-refractivity contribution is -0.0474. The summed E-state index contributed by atoms with van der Waals surface area (Å²) in [6.45, 7) is 5.25. The Hall–Kier alpha value is -0.550. The Labute approximate surface area is 131 Å². The number of hydrogen-bond acceptors (Lipinski definition) is 2. The first-order valence-electron chi connectivity index (χ1n) is 9.24. The van der Waals surface area contributed by atoms with E-state index in [9.17, 15) is 5.26 Å². The van der Waals surface area contributed by atoms with Gasteiger partial charge in [-0.2, -0.15) is 5.26 Å². The SMILES string of the molecule is CCC(C)CCOC1(C#N)CCC(C2CCCCC2)CC1. The van der Waals surface area contributed by atoms with Crippen LogP contribution in [-0.2, 0) is 4.74 Å². The van der Waals surface area contributed by atoms with Gasteiger partial charge in [0, 0.05) is 6.61 Å². The fourth-order valence-electron chi connectivity index (χ4n) is 4.13. The first kappa shape index (κ1) is 16.8. The summed E-state index contributed by atoms with van der Waals surface area (Å²) in [7, 11) is 0. The molecule has 0 saturated heterocycles. The molecule has 0 N–H and O–H groups in total. The minimum atomic E-state index is -0.460. The van der Waals surface area contributed by atoms with Crippen molar-refractivity contribution in [3.63, 3.8) is 0 Å². The second-order valence-electron chi connectivity index (χ2n) is 7.49. The van der Waals surface area contributed by atoms with Gasteiger partial charge in [-0.1, -0.05) is 52.4 Å². The van der Waals surface area contributed by atoms with E-state index >= 15 is 0 Å². The topological polar surface area (TPSA) is 33.0 Å². The van der Waals surface area contributed by atoms with Gasteiger partial charge in [-0.25, -0.2) is 0 Å². The van der Waals surface area contributed by atoms with E-state index in [1.807, 2.05) is 0 Å². The molecule has 0 aliphatic heterocycles. The molecule has 0 amide bonds. The number of nitriles is 1. The number of ether oxygens (including phenoxy) is 1. The first-order chi connectivity index (χ1) is 10.2. The third-order valence-corrected chi connectivity index (χ3v) is 6.04. The molecule has 1 atom stereocenters. The number of nitrogens with zero attached hydrogens (tertiary/aromatic N) is 1. The lowest BCUT2D eigenvalue weighted by atomic mass is 9.70. The standard InChI is InChI=1S/C19H33NO/c1-3-16(2)11-14-21-19(15-20)12-9-18(10-13-19)17-7-5-4-6-8-17/h16-18H,3-14H2,1-2H3. The molecule has 21 heavy (non-hydrogen) atoms. The summed E-state index contributed by atoms with van der Waals surface area (Å²) >= 11 is 0. The largest absolute Gasteiger partial charge is 0.360 e. The predicted molar refractivity (Wildman–Crippen MR) is 86.9 cm³/mol. The second-order valence-corrected chi connectivity index (χ2v) is 7.49. The Kier molecular flexibility index (Phi) is 6.55. The van der Waals surface area contributed by atoms with Crippen LogP contribution in [0.25, 0.3) is 0 Å². The number of hydrogen-bond donors (Lipinski definition) is 0. The van der Waals surface area contributed by atoms with Gasteiger partial charge in [0.1, 0.15) is 0 Å². The summed E-state index contributed by atoms with van der Waals surface area (Å²) in [6.07, 6.45) is 13.8. The van der Waals surface area contributed by atoms with Crippen LogP contribution in [0.2, 0.25) is 0 Å². The van der Waals surface area contributed by atoms with Crippen molar-refractivity contribution in [1.82, 2.24) is 0 Å². The molecule has 2 rings (SSSR count). The number of rotatable bonds is 6. The smallest absolute Gasteiger partial charge is 0.154 e. The van der Waals surface area contributed by atoms with Crippen molar-refractivity contribution >= 4 is 0 Å². The Morgan fingerprint density at radius 1 is 1.10 bits per heavy atom. The van der Waals surface area contributed by atoms with E-state index in [0.717, 1.165) is 37.7 Å². The van der Waals surface area contributed by atoms with Crippen LogP contribution in [0.1, 0.15) is 84.5 Å². The van der Waals surface area contributed by atoms with Gasteiger partial charge in [0.05, 0.1) is 6.07 Å². The van der Waals surface area contributed by atoms with Crippen LogP contribution >= 0.6 is 0 Å². The van der Waals surface area contributed by atoms with Crippen LogP contribution in [0.4, 0.5) is 0 Å². The van der Waals surface area contributed by atoms with E-state index in [4.69, 9.17) is 4.74 Å². The molecular formula is C19H33NO. The molecule has 2 aliphatic carbocycles. The molecule has 2 nitrogen and oxygen atoms in total. The molecule has 0 spiro atoms. The summed E-state index contributed by atoms with van der Waals surface area (Å²) in [5.74, 6) is 2.51. The molecule has 2 aliphatic rings. The molecule has 0 aromatic heterocycles. The van der Waals surface area contributed by atoms with Crippen LogP contribution in [0, 0.1) is 29.1 Å². The lowest BCUT2D eigenvalue weighted by Crippen LogP contribution is -2.38. The lowest BCUT2D eigenvalue weighted by Gasteiger charge is -2.39. The highest BCUT2D eigenvalue weighted by molar-refractivity contribution is 5.05. The Bertz CT molecular complexity index is 332. The molecule has 1 unspecified atom stereocenters. The van der Waals surface area contributed by atoms with E-state index in [1.165, 1.54) is 51.4 Å². The van der Waals surface area contributed by atoms with Gasteiger partial charge >= 0.3 is 0 Å². The summed E-state index contributed by atoms with van der Waals surface area (Å²) in [5.41, 5.74) is -0.460. The Morgan fingerprint density at radius 2 is 1.71 bits per heavy atom. The fraction of sp³-hybridized carbons (Fsp3) is 0.947. The summed E-state index contributed by atoms with van der Waals surface area (Å²) in [6, 6.07) is 2.51. The maximum absolute atomic E-state index is 9.59. The van der Waals surface area contributed by atoms with Crippen molar-refractivity contribution in [1.29, 1.82) is 5.26 Å². The summed E-state index contributed by atoms with van der Waals surface area (Å²) in [5, 5.41) is 9.59. The zero-order valence-electron chi connectivity index (χ0n) is 14.1. The van der Waals surface area contributed by atoms with Crippen molar-refractivity contribution in [3.05, 3.63) is 0 Å². The van der Waals surface area contributed by atoms with Crippen molar-refractivity contribution < 1.29 is 4.74 Å². The minimum Gasteiger partial charge on any atom is -0.360 e. The molecule has 0 aromatic carbocycles. The van der Waals surface area contributed by atoms with Crippen molar-refractivity contribution in [3.8, 4) is 6.07 Å². The first-order valence-corrected chi connectivity index (χ1v) is 9.24. The highest BCUT2D eigenvalue weighted by Gasteiger charge is 2.38. The van der Waals surface area contributed by atoms with E-state index in [0.29, 0.717) is 5.92 Å². The highest BCUT2D eigenvalue weighted by atomic mass is 16.5. The Balaban J connectivity index is 1.77. The van der Waals surface area contributed by atoms with Gasteiger partial charge in [0.2, 0.25) is 0 Å². The van der Waals surface area contributed by atoms with Gasteiger partial charge in [0.15, 0.2) is 5.60 Å². The van der Waals surface area contributed by atoms with E-state index < -0.39 is 5.60 Å². The van der Waals surface area contributed by atoms with E-state index in [2.05, 4.69) is 19.9 Å². The van der Waals surface area contributed by atoms with Crippen LogP contribution in [0.15, 0.2) is 0 Å². The molecule has 2 saturated carbocycles. The van der Waals surface area contributed by atoms with Crippen molar-refractivity contribution in [2.75, 3.05) is 6.61 Å². The molecule has 0 radical (unpaired) electrons. The second kappa shape index (κ2) is 8.18. The van der Waals surface area contributed by atoms with Crippen LogP contribution in [-0.4, -0.2) is 12.2 Å². The molecule has 2 heteroatoms.